The van der Waals surface area contributed by atoms with Crippen molar-refractivity contribution in [3.05, 3.63) is 41.7 Å². The minimum absolute atomic E-state index is 0.150. The zero-order valence-electron chi connectivity index (χ0n) is 14.3. The van der Waals surface area contributed by atoms with Gasteiger partial charge in [0.15, 0.2) is 0 Å². The summed E-state index contributed by atoms with van der Waals surface area (Å²) in [6.07, 6.45) is 2.66. The van der Waals surface area contributed by atoms with Crippen LogP contribution in [0.5, 0.6) is 0 Å². The van der Waals surface area contributed by atoms with Crippen molar-refractivity contribution in [2.24, 2.45) is 0 Å². The molecule has 0 unspecified atom stereocenters. The van der Waals surface area contributed by atoms with E-state index >= 15 is 0 Å². The van der Waals surface area contributed by atoms with Gasteiger partial charge in [-0.2, -0.15) is 0 Å². The molecule has 1 fully saturated rings. The predicted molar refractivity (Wildman–Crippen MR) is 89.8 cm³/mol. The van der Waals surface area contributed by atoms with Crippen molar-refractivity contribution in [3.63, 3.8) is 0 Å². The normalized spacial score (nSPS) is 15.7. The second-order valence-electron chi connectivity index (χ2n) is 6.68. The Kier molecular flexibility index (Phi) is 5.59. The highest BCUT2D eigenvalue weighted by molar-refractivity contribution is 5.92. The highest BCUT2D eigenvalue weighted by Crippen LogP contribution is 2.12. The third-order valence-corrected chi connectivity index (χ3v) is 3.51. The van der Waals surface area contributed by atoms with Crippen molar-refractivity contribution in [2.45, 2.75) is 26.4 Å². The monoisotopic (exact) mass is 334 g/mol. The Balaban J connectivity index is 1.85. The van der Waals surface area contributed by atoms with Gasteiger partial charge in [0.2, 0.25) is 5.91 Å². The second kappa shape index (κ2) is 7.47. The van der Waals surface area contributed by atoms with Gasteiger partial charge in [0.05, 0.1) is 0 Å². The fourth-order valence-corrected chi connectivity index (χ4v) is 2.32. The summed E-state index contributed by atoms with van der Waals surface area (Å²) in [7, 11) is 0. The number of rotatable bonds is 2. The van der Waals surface area contributed by atoms with Gasteiger partial charge in [-0.05, 0) is 44.5 Å². The van der Waals surface area contributed by atoms with Crippen molar-refractivity contribution in [2.75, 3.05) is 26.2 Å². The maximum atomic E-state index is 13.1. The van der Waals surface area contributed by atoms with E-state index in [0.717, 1.165) is 0 Å². The van der Waals surface area contributed by atoms with Crippen molar-refractivity contribution in [1.82, 2.24) is 9.80 Å². The molecule has 24 heavy (non-hydrogen) atoms. The van der Waals surface area contributed by atoms with E-state index in [1.54, 1.807) is 28.0 Å². The molecule has 0 saturated carbocycles. The molecule has 0 aliphatic carbocycles. The van der Waals surface area contributed by atoms with Crippen LogP contribution in [0.3, 0.4) is 0 Å². The third-order valence-electron chi connectivity index (χ3n) is 3.51. The molecule has 1 saturated heterocycles. The van der Waals surface area contributed by atoms with Gasteiger partial charge in [-0.3, -0.25) is 4.79 Å². The highest BCUT2D eigenvalue weighted by atomic mass is 19.1. The van der Waals surface area contributed by atoms with E-state index in [-0.39, 0.29) is 17.8 Å². The van der Waals surface area contributed by atoms with Crippen LogP contribution in [0.1, 0.15) is 26.3 Å². The van der Waals surface area contributed by atoms with Gasteiger partial charge in [-0.15, -0.1) is 0 Å². The molecule has 0 atom stereocenters. The molecule has 0 spiro atoms. The summed E-state index contributed by atoms with van der Waals surface area (Å²) in [6, 6.07) is 6.05. The number of hydrogen-bond donors (Lipinski definition) is 0. The van der Waals surface area contributed by atoms with Crippen LogP contribution in [-0.4, -0.2) is 53.6 Å². The van der Waals surface area contributed by atoms with Crippen LogP contribution < -0.4 is 0 Å². The average molecular weight is 334 g/mol. The van der Waals surface area contributed by atoms with Crippen LogP contribution in [0.2, 0.25) is 0 Å². The summed E-state index contributed by atoms with van der Waals surface area (Å²) in [4.78, 5) is 27.4. The van der Waals surface area contributed by atoms with Crippen LogP contribution in [-0.2, 0) is 9.53 Å². The lowest BCUT2D eigenvalue weighted by atomic mass is 10.2. The molecule has 5 nitrogen and oxygen atoms in total. The van der Waals surface area contributed by atoms with E-state index in [2.05, 4.69) is 0 Å². The molecular weight excluding hydrogens is 311 g/mol. The van der Waals surface area contributed by atoms with Gasteiger partial charge in [0.1, 0.15) is 11.4 Å². The Hall–Kier alpha value is -2.37. The molecule has 1 aromatic rings. The first-order valence-electron chi connectivity index (χ1n) is 7.95. The molecule has 0 radical (unpaired) electrons. The zero-order valence-corrected chi connectivity index (χ0v) is 14.3. The Morgan fingerprint density at radius 3 is 2.33 bits per heavy atom. The molecule has 0 bridgehead atoms. The van der Waals surface area contributed by atoms with Gasteiger partial charge in [0, 0.05) is 32.3 Å². The van der Waals surface area contributed by atoms with E-state index in [4.69, 9.17) is 4.74 Å². The Bertz CT molecular complexity index is 629. The summed E-state index contributed by atoms with van der Waals surface area (Å²) < 4.78 is 18.4. The number of amides is 2. The number of carbonyl (C=O) groups excluding carboxylic acids is 2. The molecular formula is C18H23FN2O3. The number of benzene rings is 1. The Morgan fingerprint density at radius 1 is 1.12 bits per heavy atom. The molecule has 1 aromatic carbocycles. The number of piperazine rings is 1. The molecule has 0 N–H and O–H groups in total. The maximum absolute atomic E-state index is 13.1. The average Bonchev–Trinajstić information content (AvgIpc) is 2.51. The smallest absolute Gasteiger partial charge is 0.410 e. The number of hydrogen-bond acceptors (Lipinski definition) is 3. The molecule has 2 amide bonds. The van der Waals surface area contributed by atoms with Crippen LogP contribution in [0, 0.1) is 5.82 Å². The first-order valence-corrected chi connectivity index (χ1v) is 7.95. The molecule has 0 aromatic heterocycles. The van der Waals surface area contributed by atoms with Gasteiger partial charge in [-0.1, -0.05) is 12.1 Å². The lowest BCUT2D eigenvalue weighted by Gasteiger charge is -2.35. The SMILES string of the molecule is CC(C)(C)OC(=O)N1CCN(C(=O)/C=C\c2cccc(F)c2)CC1. The van der Waals surface area contributed by atoms with Gasteiger partial charge in [-0.25, -0.2) is 9.18 Å². The van der Waals surface area contributed by atoms with Gasteiger partial charge in [0.25, 0.3) is 0 Å². The number of carbonyl (C=O) groups is 2. The van der Waals surface area contributed by atoms with E-state index in [9.17, 15) is 14.0 Å². The van der Waals surface area contributed by atoms with Crippen LogP contribution in [0.25, 0.3) is 6.08 Å². The van der Waals surface area contributed by atoms with E-state index in [0.29, 0.717) is 31.7 Å². The first kappa shape index (κ1) is 18.0. The van der Waals surface area contributed by atoms with E-state index in [1.165, 1.54) is 18.2 Å². The van der Waals surface area contributed by atoms with Crippen LogP contribution in [0.15, 0.2) is 30.3 Å². The third kappa shape index (κ3) is 5.37. The Labute approximate surface area is 141 Å². The van der Waals surface area contributed by atoms with Crippen LogP contribution >= 0.6 is 0 Å². The maximum Gasteiger partial charge on any atom is 0.410 e. The molecule has 6 heteroatoms. The number of halogens is 1. The Morgan fingerprint density at radius 2 is 1.75 bits per heavy atom. The summed E-state index contributed by atoms with van der Waals surface area (Å²) in [5.41, 5.74) is 0.105. The molecule has 1 aliphatic heterocycles. The zero-order chi connectivity index (χ0) is 17.7. The molecule has 1 aliphatic rings. The first-order chi connectivity index (χ1) is 11.2. The highest BCUT2D eigenvalue weighted by Gasteiger charge is 2.26. The largest absolute Gasteiger partial charge is 0.444 e. The summed E-state index contributed by atoms with van der Waals surface area (Å²) in [5.74, 6) is -0.487. The lowest BCUT2D eigenvalue weighted by Crippen LogP contribution is -2.51. The van der Waals surface area contributed by atoms with Crippen LogP contribution in [0.4, 0.5) is 9.18 Å². The topological polar surface area (TPSA) is 49.9 Å². The second-order valence-corrected chi connectivity index (χ2v) is 6.68. The molecule has 130 valence electrons. The minimum atomic E-state index is -0.530. The standard InChI is InChI=1S/C18H23FN2O3/c1-18(2,3)24-17(23)21-11-9-20(10-12-21)16(22)8-7-14-5-4-6-15(19)13-14/h4-8,13H,9-12H2,1-3H3/b8-7-. The summed E-state index contributed by atoms with van der Waals surface area (Å²) in [5, 5.41) is 0. The summed E-state index contributed by atoms with van der Waals surface area (Å²) >= 11 is 0. The van der Waals surface area contributed by atoms with Gasteiger partial charge < -0.3 is 14.5 Å². The van der Waals surface area contributed by atoms with Crippen molar-refractivity contribution < 1.29 is 18.7 Å². The number of ether oxygens (including phenoxy) is 1. The quantitative estimate of drug-likeness (QED) is 0.782. The van der Waals surface area contributed by atoms with Crippen molar-refractivity contribution in [3.8, 4) is 0 Å². The van der Waals surface area contributed by atoms with Crippen molar-refractivity contribution in [1.29, 1.82) is 0 Å². The van der Waals surface area contributed by atoms with Gasteiger partial charge >= 0.3 is 6.09 Å². The lowest BCUT2D eigenvalue weighted by molar-refractivity contribution is -0.127. The van der Waals surface area contributed by atoms with E-state index < -0.39 is 5.60 Å². The molecule has 1 heterocycles. The van der Waals surface area contributed by atoms with Crippen molar-refractivity contribution >= 4 is 18.1 Å². The minimum Gasteiger partial charge on any atom is -0.444 e. The number of nitrogens with zero attached hydrogens (tertiary/aromatic N) is 2. The van der Waals surface area contributed by atoms with E-state index in [1.807, 2.05) is 20.8 Å². The molecule has 2 rings (SSSR count). The summed E-state index contributed by atoms with van der Waals surface area (Å²) in [6.45, 7) is 7.24. The predicted octanol–water partition coefficient (Wildman–Crippen LogP) is 2.92. The fourth-order valence-electron chi connectivity index (χ4n) is 2.32. The fraction of sp³-hybridized carbons (Fsp3) is 0.444.